The van der Waals surface area contributed by atoms with Crippen molar-refractivity contribution in [2.45, 2.75) is 47.5 Å². The molecular formula is C17H24Br2Zr. The molecule has 0 amide bonds. The predicted octanol–water partition coefficient (Wildman–Crippen LogP) is -0.997. The molecule has 0 heterocycles. The zero-order valence-corrected chi connectivity index (χ0v) is 18.7. The molecule has 2 rings (SSSR count). The van der Waals surface area contributed by atoms with Gasteiger partial charge in [0.2, 0.25) is 0 Å². The van der Waals surface area contributed by atoms with Crippen molar-refractivity contribution >= 4 is 0 Å². The molecule has 3 heteroatoms. The van der Waals surface area contributed by atoms with Gasteiger partial charge in [-0.15, -0.1) is 0 Å². The van der Waals surface area contributed by atoms with E-state index >= 15 is 0 Å². The number of halogens is 2. The van der Waals surface area contributed by atoms with Gasteiger partial charge in [0, 0.05) is 0 Å². The van der Waals surface area contributed by atoms with Gasteiger partial charge in [-0.2, -0.15) is 46.0 Å². The Morgan fingerprint density at radius 3 is 1.75 bits per heavy atom. The minimum Gasteiger partial charge on any atom is -1.00 e. The Labute approximate surface area is 164 Å². The van der Waals surface area contributed by atoms with E-state index in [1.807, 2.05) is 0 Å². The van der Waals surface area contributed by atoms with Crippen LogP contribution in [-0.4, -0.2) is 0 Å². The zero-order valence-electron chi connectivity index (χ0n) is 13.1. The summed E-state index contributed by atoms with van der Waals surface area (Å²) in [5.74, 6) is 0. The van der Waals surface area contributed by atoms with E-state index in [1.54, 1.807) is 0 Å². The van der Waals surface area contributed by atoms with Gasteiger partial charge < -0.3 is 34.0 Å². The van der Waals surface area contributed by atoms with E-state index in [0.29, 0.717) is 0 Å². The fourth-order valence-corrected chi connectivity index (χ4v) is 2.00. The molecule has 0 unspecified atom stereocenters. The van der Waals surface area contributed by atoms with E-state index in [9.17, 15) is 0 Å². The van der Waals surface area contributed by atoms with Gasteiger partial charge in [0.05, 0.1) is 0 Å². The monoisotopic (exact) mass is 476 g/mol. The molecule has 0 bridgehead atoms. The van der Waals surface area contributed by atoms with Gasteiger partial charge in [-0.05, 0) is 0 Å². The van der Waals surface area contributed by atoms with Gasteiger partial charge in [0.15, 0.2) is 0 Å². The molecule has 2 aromatic carbocycles. The molecule has 0 fully saturated rings. The Hall–Kier alpha value is 0.543. The fraction of sp³-hybridized carbons (Fsp3) is 0.412. The van der Waals surface area contributed by atoms with Crippen LogP contribution in [-0.2, 0) is 32.6 Å². The minimum absolute atomic E-state index is 0. The summed E-state index contributed by atoms with van der Waals surface area (Å²) in [5, 5.41) is 0. The van der Waals surface area contributed by atoms with E-state index in [4.69, 9.17) is 0 Å². The van der Waals surface area contributed by atoms with Gasteiger partial charge in [-0.25, -0.2) is 12.1 Å². The molecular weight excluding hydrogens is 455 g/mol. The molecule has 0 saturated heterocycles. The summed E-state index contributed by atoms with van der Waals surface area (Å²) in [6.07, 6.45) is 2.48. The summed E-state index contributed by atoms with van der Waals surface area (Å²) < 4.78 is 0. The van der Waals surface area contributed by atoms with Crippen LogP contribution in [0, 0.1) is 27.7 Å². The second-order valence-corrected chi connectivity index (χ2v) is 4.80. The Morgan fingerprint density at radius 2 is 1.50 bits per heavy atom. The van der Waals surface area contributed by atoms with Gasteiger partial charge in [-0.1, -0.05) is 47.5 Å². The normalized spacial score (nSPS) is 8.45. The standard InChI is InChI=1S/C9H13.C8H11.2BrH.Zr/c1-6-5-7(2)9(4)8(6)3;1-2-5-8-6-3-4-7-8;;;/h5H,1-4H3;3-4,6-7H,2,5H2,1H3;2*1H;/q2*-1;;;+4/p-2. The van der Waals surface area contributed by atoms with Crippen LogP contribution in [0.15, 0.2) is 30.3 Å². The number of hydrogen-bond acceptors (Lipinski definition) is 0. The van der Waals surface area contributed by atoms with Crippen molar-refractivity contribution < 1.29 is 60.2 Å². The first-order valence-corrected chi connectivity index (χ1v) is 6.47. The van der Waals surface area contributed by atoms with Crippen LogP contribution in [0.1, 0.15) is 41.2 Å². The smallest absolute Gasteiger partial charge is 1.00 e. The number of rotatable bonds is 2. The zero-order chi connectivity index (χ0) is 12.8. The first kappa shape index (κ1) is 25.5. The van der Waals surface area contributed by atoms with E-state index in [2.05, 4.69) is 65.0 Å². The Balaban J connectivity index is -0.000000252. The van der Waals surface area contributed by atoms with E-state index in [-0.39, 0.29) is 60.2 Å². The third-order valence-electron chi connectivity index (χ3n) is 3.45. The number of hydrogen-bond donors (Lipinski definition) is 0. The van der Waals surface area contributed by atoms with Crippen LogP contribution in [0.3, 0.4) is 0 Å². The molecule has 0 N–H and O–H groups in total. The van der Waals surface area contributed by atoms with Crippen molar-refractivity contribution in [2.75, 3.05) is 0 Å². The van der Waals surface area contributed by atoms with Gasteiger partial charge >= 0.3 is 26.2 Å². The average Bonchev–Trinajstić information content (AvgIpc) is 2.87. The number of aryl methyl sites for hydroxylation is 3. The third-order valence-corrected chi connectivity index (χ3v) is 3.45. The predicted molar refractivity (Wildman–Crippen MR) is 77.0 cm³/mol. The van der Waals surface area contributed by atoms with Crippen LogP contribution < -0.4 is 34.0 Å². The van der Waals surface area contributed by atoms with E-state index < -0.39 is 0 Å². The van der Waals surface area contributed by atoms with Crippen molar-refractivity contribution in [3.63, 3.8) is 0 Å². The molecule has 110 valence electrons. The summed E-state index contributed by atoms with van der Waals surface area (Å²) >= 11 is 0. The first-order valence-electron chi connectivity index (χ1n) is 6.47. The second kappa shape index (κ2) is 13.2. The van der Waals surface area contributed by atoms with Crippen LogP contribution in [0.2, 0.25) is 0 Å². The maximum Gasteiger partial charge on any atom is 4.00 e. The van der Waals surface area contributed by atoms with Crippen molar-refractivity contribution in [3.05, 3.63) is 58.1 Å². The molecule has 20 heavy (non-hydrogen) atoms. The maximum atomic E-state index is 2.24. The maximum absolute atomic E-state index is 2.24. The average molecular weight is 479 g/mol. The van der Waals surface area contributed by atoms with Crippen molar-refractivity contribution in [1.29, 1.82) is 0 Å². The molecule has 0 nitrogen and oxygen atoms in total. The Kier molecular flexibility index (Phi) is 16.9. The summed E-state index contributed by atoms with van der Waals surface area (Å²) in [6.45, 7) is 10.9. The molecule has 2 aromatic rings. The summed E-state index contributed by atoms with van der Waals surface area (Å²) in [4.78, 5) is 0. The topological polar surface area (TPSA) is 0 Å². The molecule has 0 aromatic heterocycles. The first-order chi connectivity index (χ1) is 8.06. The minimum atomic E-state index is 0. The summed E-state index contributed by atoms with van der Waals surface area (Å²) in [6, 6.07) is 10.8. The van der Waals surface area contributed by atoms with E-state index in [1.165, 1.54) is 40.7 Å². The van der Waals surface area contributed by atoms with Crippen molar-refractivity contribution in [3.8, 4) is 0 Å². The largest absolute Gasteiger partial charge is 4.00 e. The fourth-order valence-electron chi connectivity index (χ4n) is 2.00. The Morgan fingerprint density at radius 1 is 1.00 bits per heavy atom. The quantitative estimate of drug-likeness (QED) is 0.486. The molecule has 0 radical (unpaired) electrons. The van der Waals surface area contributed by atoms with E-state index in [0.717, 1.165) is 0 Å². The third kappa shape index (κ3) is 8.10. The summed E-state index contributed by atoms with van der Waals surface area (Å²) in [7, 11) is 0. The van der Waals surface area contributed by atoms with Gasteiger partial charge in [0.1, 0.15) is 0 Å². The molecule has 0 aliphatic carbocycles. The Bertz CT molecular complexity index is 419. The van der Waals surface area contributed by atoms with Gasteiger partial charge in [0.25, 0.3) is 0 Å². The SMILES string of the molecule is CCC[c-]1cccc1.Cc1c[c-](C)c(C)c1C.[Br-].[Br-].[Zr+4]. The van der Waals surface area contributed by atoms with Crippen molar-refractivity contribution in [1.82, 2.24) is 0 Å². The molecule has 0 spiro atoms. The molecule has 0 atom stereocenters. The van der Waals surface area contributed by atoms with Crippen molar-refractivity contribution in [2.24, 2.45) is 0 Å². The van der Waals surface area contributed by atoms with Gasteiger partial charge in [-0.3, -0.25) is 0 Å². The molecule has 0 aliphatic rings. The van der Waals surface area contributed by atoms with Crippen LogP contribution in [0.25, 0.3) is 0 Å². The second-order valence-electron chi connectivity index (χ2n) is 4.80. The summed E-state index contributed by atoms with van der Waals surface area (Å²) in [5.41, 5.74) is 7.21. The van der Waals surface area contributed by atoms with Crippen LogP contribution in [0.5, 0.6) is 0 Å². The molecule has 0 aliphatic heterocycles. The van der Waals surface area contributed by atoms with Crippen LogP contribution in [0.4, 0.5) is 0 Å². The molecule has 0 saturated carbocycles. The van der Waals surface area contributed by atoms with Crippen LogP contribution >= 0.6 is 0 Å².